The molecule has 0 aromatic heterocycles. The molecular formula is C84H79Cl8F5N8O8. The molecule has 0 radical (unpaired) electrons. The van der Waals surface area contributed by atoms with Crippen LogP contribution in [0.15, 0.2) is 190 Å². The highest BCUT2D eigenvalue weighted by Gasteiger charge is 2.49. The van der Waals surface area contributed by atoms with E-state index in [9.17, 15) is 36.7 Å². The average molecular weight is 1710 g/mol. The molecular weight excluding hydrogens is 1630 g/mol. The monoisotopic (exact) mass is 1700 g/mol. The third kappa shape index (κ3) is 21.5. The van der Waals surface area contributed by atoms with Crippen molar-refractivity contribution in [2.24, 2.45) is 20.6 Å². The summed E-state index contributed by atoms with van der Waals surface area (Å²) < 4.78 is 66.4. The van der Waals surface area contributed by atoms with Crippen LogP contribution in [-0.2, 0) is 85.1 Å². The summed E-state index contributed by atoms with van der Waals surface area (Å²) in [5.74, 6) is -1.17. The number of hydrogen-bond donors (Lipinski definition) is 2. The second-order valence-corrected chi connectivity index (χ2v) is 32.9. The Balaban J connectivity index is 0.000000149. The molecule has 6 aliphatic rings. The minimum absolute atomic E-state index is 0.0144. The Labute approximate surface area is 691 Å². The fourth-order valence-electron chi connectivity index (χ4n) is 13.6. The Hall–Kier alpha value is -8.51. The Morgan fingerprint density at radius 1 is 0.407 bits per heavy atom. The molecule has 2 N–H and O–H groups in total. The molecule has 2 fully saturated rings. The molecule has 14 rings (SSSR count). The fraction of sp³-hybridized carbons (Fsp3) is 0.333. The molecule has 8 aromatic rings. The normalized spacial score (nSPS) is 20.8. The second kappa shape index (κ2) is 35.3. The first-order chi connectivity index (χ1) is 53.3. The van der Waals surface area contributed by atoms with Crippen LogP contribution in [0.5, 0.6) is 0 Å². The molecule has 29 heteroatoms. The maximum atomic E-state index is 15.0. The number of carbonyl (C=O) groups is 4. The molecule has 0 spiro atoms. The van der Waals surface area contributed by atoms with Gasteiger partial charge in [-0.25, -0.2) is 8.78 Å². The summed E-state index contributed by atoms with van der Waals surface area (Å²) >= 11 is 48.9. The van der Waals surface area contributed by atoms with Gasteiger partial charge in [0.15, 0.2) is 33.7 Å². The molecule has 0 saturated carbocycles. The summed E-state index contributed by atoms with van der Waals surface area (Å²) in [5.41, 5.74) is 7.86. The van der Waals surface area contributed by atoms with E-state index >= 15 is 4.39 Å². The molecule has 113 heavy (non-hydrogen) atoms. The zero-order valence-electron chi connectivity index (χ0n) is 62.4. The third-order valence-electron chi connectivity index (χ3n) is 20.1. The number of benzene rings is 8. The summed E-state index contributed by atoms with van der Waals surface area (Å²) in [7, 11) is 0. The quantitative estimate of drug-likeness (QED) is 0.0795. The Morgan fingerprint density at radius 2 is 0.673 bits per heavy atom. The number of oxime groups is 4. The van der Waals surface area contributed by atoms with E-state index in [-0.39, 0.29) is 50.4 Å². The van der Waals surface area contributed by atoms with E-state index in [1.807, 2.05) is 137 Å². The second-order valence-electron chi connectivity index (χ2n) is 29.4. The largest absolute Gasteiger partial charge is 0.397 e. The SMILES string of the molecule is CC(=O)N1CC(F)(c2ccc(C3=NOC(C)(c4cc(Cl)cc(Cl)c4)C3)cc2)C1.CC(=O)NCCc1ccc(C2=NOC(C)(c3cc(Cl)cc(Cl)c3)C2)cc1.CC1(c2cc(Cl)cc(Cl)c2)CC(c2ccc(CCNC(=O)CC(F)(F)F)cc2)=NO1.CCC(=O)N1CC(F)(c2ccc(C3=NOC(C)(c4cc(Cl)cc(Cl)c4)C3)cc2)C1. The van der Waals surface area contributed by atoms with Crippen molar-refractivity contribution in [3.05, 3.63) is 277 Å². The lowest BCUT2D eigenvalue weighted by atomic mass is 9.85. The van der Waals surface area contributed by atoms with Gasteiger partial charge < -0.3 is 39.8 Å². The molecule has 8 aromatic carbocycles. The summed E-state index contributed by atoms with van der Waals surface area (Å²) in [6.45, 7) is 13.7. The van der Waals surface area contributed by atoms with Gasteiger partial charge in [-0.05, 0) is 158 Å². The zero-order valence-corrected chi connectivity index (χ0v) is 68.5. The predicted molar refractivity (Wildman–Crippen MR) is 434 cm³/mol. The highest BCUT2D eigenvalue weighted by molar-refractivity contribution is 6.36. The van der Waals surface area contributed by atoms with Gasteiger partial charge >= 0.3 is 6.18 Å². The Morgan fingerprint density at radius 3 is 0.929 bits per heavy atom. The number of likely N-dealkylation sites (tertiary alicyclic amines) is 2. The molecule has 4 atom stereocenters. The molecule has 6 aliphatic heterocycles. The van der Waals surface area contributed by atoms with Crippen LogP contribution in [0.1, 0.15) is 154 Å². The van der Waals surface area contributed by atoms with Crippen molar-refractivity contribution in [2.75, 3.05) is 39.3 Å². The van der Waals surface area contributed by atoms with Crippen LogP contribution < -0.4 is 10.6 Å². The summed E-state index contributed by atoms with van der Waals surface area (Å²) in [4.78, 5) is 71.1. The van der Waals surface area contributed by atoms with E-state index in [0.717, 1.165) is 84.9 Å². The first kappa shape index (κ1) is 85.4. The third-order valence-corrected chi connectivity index (χ3v) is 21.9. The van der Waals surface area contributed by atoms with Gasteiger partial charge in [0.25, 0.3) is 0 Å². The van der Waals surface area contributed by atoms with Crippen LogP contribution in [0.3, 0.4) is 0 Å². The van der Waals surface area contributed by atoms with E-state index < -0.39 is 52.2 Å². The van der Waals surface area contributed by atoms with Crippen LogP contribution in [-0.4, -0.2) is 102 Å². The summed E-state index contributed by atoms with van der Waals surface area (Å²) in [6.07, 6.45) is -2.11. The summed E-state index contributed by atoms with van der Waals surface area (Å²) in [6, 6.07) is 51.3. The van der Waals surface area contributed by atoms with E-state index in [2.05, 4.69) is 31.3 Å². The number of nitrogens with zero attached hydrogens (tertiary/aromatic N) is 6. The topological polar surface area (TPSA) is 185 Å². The molecule has 594 valence electrons. The van der Waals surface area contributed by atoms with Crippen molar-refractivity contribution in [2.45, 2.75) is 140 Å². The highest BCUT2D eigenvalue weighted by atomic mass is 35.5. The van der Waals surface area contributed by atoms with Gasteiger partial charge in [-0.1, -0.05) is 217 Å². The molecule has 6 heterocycles. The van der Waals surface area contributed by atoms with Crippen LogP contribution in [0.4, 0.5) is 22.0 Å². The first-order valence-electron chi connectivity index (χ1n) is 36.1. The van der Waals surface area contributed by atoms with Crippen LogP contribution in [0, 0.1) is 0 Å². The number of nitrogens with one attached hydrogen (secondary N) is 2. The number of amides is 4. The molecule has 4 amide bonds. The van der Waals surface area contributed by atoms with Gasteiger partial charge in [0, 0.05) is 121 Å². The van der Waals surface area contributed by atoms with Crippen molar-refractivity contribution >= 4 is 139 Å². The minimum Gasteiger partial charge on any atom is -0.384 e. The van der Waals surface area contributed by atoms with Gasteiger partial charge in [-0.3, -0.25) is 19.2 Å². The highest BCUT2D eigenvalue weighted by Crippen LogP contribution is 2.45. The van der Waals surface area contributed by atoms with Crippen LogP contribution in [0.2, 0.25) is 40.2 Å². The van der Waals surface area contributed by atoms with Crippen molar-refractivity contribution in [3.63, 3.8) is 0 Å². The van der Waals surface area contributed by atoms with E-state index in [0.29, 0.717) is 96.4 Å². The molecule has 0 aliphatic carbocycles. The predicted octanol–water partition coefficient (Wildman–Crippen LogP) is 20.9. The van der Waals surface area contributed by atoms with Gasteiger partial charge in [0.05, 0.1) is 49.0 Å². The van der Waals surface area contributed by atoms with Crippen LogP contribution >= 0.6 is 92.8 Å². The van der Waals surface area contributed by atoms with Gasteiger partial charge in [0.1, 0.15) is 6.42 Å². The smallest absolute Gasteiger partial charge is 0.384 e. The molecule has 4 unspecified atom stereocenters. The number of carbonyl (C=O) groups excluding carboxylic acids is 4. The first-order valence-corrected chi connectivity index (χ1v) is 39.1. The molecule has 2 saturated heterocycles. The van der Waals surface area contributed by atoms with Gasteiger partial charge in [-0.2, -0.15) is 13.2 Å². The van der Waals surface area contributed by atoms with Gasteiger partial charge in [-0.15, -0.1) is 0 Å². The Bertz CT molecular complexity index is 4930. The van der Waals surface area contributed by atoms with Crippen molar-refractivity contribution in [3.8, 4) is 0 Å². The van der Waals surface area contributed by atoms with Crippen molar-refractivity contribution in [1.29, 1.82) is 0 Å². The molecule has 16 nitrogen and oxygen atoms in total. The minimum atomic E-state index is -4.50. The maximum absolute atomic E-state index is 15.0. The number of hydrogen-bond acceptors (Lipinski definition) is 12. The fourth-order valence-corrected chi connectivity index (χ4v) is 15.7. The number of rotatable bonds is 18. The zero-order chi connectivity index (χ0) is 81.6. The van der Waals surface area contributed by atoms with E-state index in [4.69, 9.17) is 112 Å². The van der Waals surface area contributed by atoms with Crippen LogP contribution in [0.25, 0.3) is 0 Å². The Kier molecular flexibility index (Phi) is 26.7. The van der Waals surface area contributed by atoms with Crippen molar-refractivity contribution < 1.29 is 60.5 Å². The average Bonchev–Trinajstić information content (AvgIpc) is 1.30. The van der Waals surface area contributed by atoms with Crippen molar-refractivity contribution in [1.82, 2.24) is 20.4 Å². The lowest BCUT2D eigenvalue weighted by Crippen LogP contribution is -2.58. The van der Waals surface area contributed by atoms with Gasteiger partial charge in [0.2, 0.25) is 23.6 Å². The van der Waals surface area contributed by atoms with E-state index in [1.165, 1.54) is 18.7 Å². The standard InChI is InChI=1S/C22H21Cl2FN2O2.C21H19Cl2F3N2O2.C21H19Cl2FN2O2.C20H20Cl2N2O2/c1-3-20(28)27-12-22(25,13-27)15-6-4-14(5-7-15)19-11-21(2,29-26-19)16-8-17(23)10-18(24)9-16;1-20(15-8-16(22)10-17(23)9-15)11-18(28-30-20)14-4-2-13(3-5-14)6-7-27-19(29)12-21(24,25)26;1-13(27)26-11-21(24,12-26)15-5-3-14(4-6-15)19-10-20(2,28-25-19)16-7-17(22)9-18(23)8-16;1-13(25)23-8-7-14-3-5-15(6-4-14)19-12-20(2,26-24-19)16-9-17(21)11-18(22)10-16/h4-10H,3,11-13H2,1-2H3;2-5,8-10H,6-7,11-12H2,1H3,(H,27,29);3-9H,10-12H2,1-2H3;3-6,9-11H,7-8,12H2,1-2H3,(H,23,25). The summed E-state index contributed by atoms with van der Waals surface area (Å²) in [5, 5.41) is 26.4. The number of halogens is 13. The maximum Gasteiger partial charge on any atom is 0.397 e. The lowest BCUT2D eigenvalue weighted by molar-refractivity contribution is -0.153. The molecule has 0 bridgehead atoms. The van der Waals surface area contributed by atoms with E-state index in [1.54, 1.807) is 72.5 Å². The number of alkyl halides is 5. The lowest BCUT2D eigenvalue weighted by Gasteiger charge is -2.44.